The van der Waals surface area contributed by atoms with Crippen molar-refractivity contribution in [3.8, 4) is 0 Å². The topological polar surface area (TPSA) is 55.4 Å². The molecule has 1 unspecified atom stereocenters. The van der Waals surface area contributed by atoms with Gasteiger partial charge in [-0.25, -0.2) is 4.79 Å². The van der Waals surface area contributed by atoms with E-state index in [0.29, 0.717) is 11.5 Å². The second kappa shape index (κ2) is 14.8. The predicted molar refractivity (Wildman–Crippen MR) is 109 cm³/mol. The summed E-state index contributed by atoms with van der Waals surface area (Å²) in [7, 11) is 0. The minimum absolute atomic E-state index is 0.223. The highest BCUT2D eigenvalue weighted by molar-refractivity contribution is 7.12. The molecule has 0 bridgehead atoms. The molecule has 1 amide bonds. The summed E-state index contributed by atoms with van der Waals surface area (Å²) in [6, 6.07) is 2.94. The Labute approximate surface area is 162 Å². The largest absolute Gasteiger partial charge is 0.464 e. The molecule has 0 saturated carbocycles. The number of carbonyl (C=O) groups is 2. The SMILES string of the molecule is CCCCCCCCCCCCCOC(=O)C(C)NC(=O)c1cccs1. The van der Waals surface area contributed by atoms with Crippen LogP contribution in [0.15, 0.2) is 17.5 Å². The molecular formula is C21H35NO3S. The maximum absolute atomic E-state index is 11.9. The Morgan fingerprint density at radius 2 is 1.58 bits per heavy atom. The molecule has 0 fully saturated rings. The summed E-state index contributed by atoms with van der Waals surface area (Å²) in [5, 5.41) is 4.51. The maximum Gasteiger partial charge on any atom is 0.328 e. The van der Waals surface area contributed by atoms with Crippen molar-refractivity contribution in [2.45, 2.75) is 90.5 Å². The number of thiophene rings is 1. The lowest BCUT2D eigenvalue weighted by Crippen LogP contribution is -2.39. The van der Waals surface area contributed by atoms with E-state index < -0.39 is 6.04 Å². The van der Waals surface area contributed by atoms with E-state index in [1.54, 1.807) is 13.0 Å². The summed E-state index contributed by atoms with van der Waals surface area (Å²) in [5.41, 5.74) is 0. The molecule has 1 rings (SSSR count). The molecule has 1 aromatic heterocycles. The first kappa shape index (κ1) is 22.7. The van der Waals surface area contributed by atoms with Gasteiger partial charge in [0.05, 0.1) is 11.5 Å². The summed E-state index contributed by atoms with van der Waals surface area (Å²) >= 11 is 1.36. The lowest BCUT2D eigenvalue weighted by Gasteiger charge is -2.12. The molecule has 1 atom stereocenters. The molecule has 0 aromatic carbocycles. The standard InChI is InChI=1S/C21H35NO3S/c1-3-4-5-6-7-8-9-10-11-12-13-16-25-21(24)18(2)22-20(23)19-15-14-17-26-19/h14-15,17-18H,3-13,16H2,1-2H3,(H,22,23). The van der Waals surface area contributed by atoms with E-state index in [2.05, 4.69) is 12.2 Å². The first-order valence-electron chi connectivity index (χ1n) is 10.2. The highest BCUT2D eigenvalue weighted by atomic mass is 32.1. The van der Waals surface area contributed by atoms with E-state index in [4.69, 9.17) is 4.74 Å². The van der Waals surface area contributed by atoms with Crippen molar-refractivity contribution in [3.63, 3.8) is 0 Å². The van der Waals surface area contributed by atoms with Crippen molar-refractivity contribution in [1.82, 2.24) is 5.32 Å². The van der Waals surface area contributed by atoms with Crippen LogP contribution in [0.2, 0.25) is 0 Å². The van der Waals surface area contributed by atoms with E-state index >= 15 is 0 Å². The van der Waals surface area contributed by atoms with Crippen LogP contribution in [0.25, 0.3) is 0 Å². The number of carbonyl (C=O) groups excluding carboxylic acids is 2. The minimum Gasteiger partial charge on any atom is -0.464 e. The Bertz CT molecular complexity index is 487. The van der Waals surface area contributed by atoms with Crippen molar-refractivity contribution in [2.75, 3.05) is 6.61 Å². The highest BCUT2D eigenvalue weighted by Gasteiger charge is 2.18. The van der Waals surface area contributed by atoms with E-state index in [1.807, 2.05) is 11.4 Å². The van der Waals surface area contributed by atoms with Gasteiger partial charge in [0.15, 0.2) is 0 Å². The fourth-order valence-corrected chi connectivity index (χ4v) is 3.43. The van der Waals surface area contributed by atoms with Gasteiger partial charge in [0.25, 0.3) is 5.91 Å². The third-order valence-corrected chi connectivity index (χ3v) is 5.31. The van der Waals surface area contributed by atoms with Gasteiger partial charge in [-0.15, -0.1) is 11.3 Å². The number of unbranched alkanes of at least 4 members (excludes halogenated alkanes) is 10. The third-order valence-electron chi connectivity index (χ3n) is 4.44. The molecular weight excluding hydrogens is 346 g/mol. The number of amides is 1. The summed E-state index contributed by atoms with van der Waals surface area (Å²) in [6.45, 7) is 4.35. The molecule has 5 heteroatoms. The highest BCUT2D eigenvalue weighted by Crippen LogP contribution is 2.11. The fraction of sp³-hybridized carbons (Fsp3) is 0.714. The van der Waals surface area contributed by atoms with Crippen LogP contribution in [0.1, 0.15) is 94.1 Å². The van der Waals surface area contributed by atoms with Gasteiger partial charge < -0.3 is 10.1 Å². The molecule has 4 nitrogen and oxygen atoms in total. The number of hydrogen-bond donors (Lipinski definition) is 1. The molecule has 1 aromatic rings. The Balaban J connectivity index is 1.94. The molecule has 0 saturated heterocycles. The molecule has 1 N–H and O–H groups in total. The normalized spacial score (nSPS) is 11.9. The van der Waals surface area contributed by atoms with Gasteiger partial charge >= 0.3 is 5.97 Å². The zero-order chi connectivity index (χ0) is 19.0. The van der Waals surface area contributed by atoms with Crippen LogP contribution < -0.4 is 5.32 Å². The lowest BCUT2D eigenvalue weighted by molar-refractivity contribution is -0.145. The second-order valence-corrected chi connectivity index (χ2v) is 7.82. The smallest absolute Gasteiger partial charge is 0.328 e. The van der Waals surface area contributed by atoms with Gasteiger partial charge in [0.2, 0.25) is 0 Å². The van der Waals surface area contributed by atoms with Crippen molar-refractivity contribution < 1.29 is 14.3 Å². The van der Waals surface area contributed by atoms with Gasteiger partial charge in [-0.2, -0.15) is 0 Å². The van der Waals surface area contributed by atoms with Crippen molar-refractivity contribution in [1.29, 1.82) is 0 Å². The Kier molecular flexibility index (Phi) is 12.9. The van der Waals surface area contributed by atoms with E-state index in [9.17, 15) is 9.59 Å². The Morgan fingerprint density at radius 3 is 2.12 bits per heavy atom. The van der Waals surface area contributed by atoms with Crippen molar-refractivity contribution >= 4 is 23.2 Å². The van der Waals surface area contributed by atoms with E-state index in [1.165, 1.54) is 69.1 Å². The molecule has 1 heterocycles. The van der Waals surface area contributed by atoms with Crippen LogP contribution in [0.5, 0.6) is 0 Å². The van der Waals surface area contributed by atoms with Crippen LogP contribution >= 0.6 is 11.3 Å². The number of esters is 1. The van der Waals surface area contributed by atoms with Gasteiger partial charge in [0, 0.05) is 0 Å². The predicted octanol–water partition coefficient (Wildman–Crippen LogP) is 5.72. The molecule has 0 spiro atoms. The molecule has 0 aliphatic carbocycles. The Morgan fingerprint density at radius 1 is 1.00 bits per heavy atom. The molecule has 148 valence electrons. The van der Waals surface area contributed by atoms with Crippen LogP contribution in [-0.2, 0) is 9.53 Å². The fourth-order valence-electron chi connectivity index (χ4n) is 2.80. The molecule has 0 aliphatic rings. The molecule has 26 heavy (non-hydrogen) atoms. The van der Waals surface area contributed by atoms with Crippen molar-refractivity contribution in [2.24, 2.45) is 0 Å². The van der Waals surface area contributed by atoms with Crippen LogP contribution in [0, 0.1) is 0 Å². The average molecular weight is 382 g/mol. The number of rotatable bonds is 15. The second-order valence-electron chi connectivity index (χ2n) is 6.88. The summed E-state index contributed by atoms with van der Waals surface area (Å²) in [4.78, 5) is 24.4. The number of ether oxygens (including phenoxy) is 1. The van der Waals surface area contributed by atoms with Gasteiger partial charge in [-0.05, 0) is 24.8 Å². The van der Waals surface area contributed by atoms with E-state index in [0.717, 1.165) is 12.8 Å². The van der Waals surface area contributed by atoms with Gasteiger partial charge in [-0.1, -0.05) is 77.2 Å². The average Bonchev–Trinajstić information content (AvgIpc) is 3.17. The first-order valence-corrected chi connectivity index (χ1v) is 11.0. The summed E-state index contributed by atoms with van der Waals surface area (Å²) in [5.74, 6) is -0.582. The number of nitrogens with one attached hydrogen (secondary N) is 1. The third kappa shape index (κ3) is 10.6. The zero-order valence-electron chi connectivity index (χ0n) is 16.4. The maximum atomic E-state index is 11.9. The molecule has 0 aliphatic heterocycles. The van der Waals surface area contributed by atoms with Crippen molar-refractivity contribution in [3.05, 3.63) is 22.4 Å². The quantitative estimate of drug-likeness (QED) is 0.312. The van der Waals surface area contributed by atoms with Gasteiger partial charge in [-0.3, -0.25) is 4.79 Å². The molecule has 0 radical (unpaired) electrons. The van der Waals surface area contributed by atoms with Gasteiger partial charge in [0.1, 0.15) is 6.04 Å². The minimum atomic E-state index is -0.614. The number of hydrogen-bond acceptors (Lipinski definition) is 4. The van der Waals surface area contributed by atoms with Crippen LogP contribution in [0.3, 0.4) is 0 Å². The first-order chi connectivity index (χ1) is 12.6. The summed E-state index contributed by atoms with van der Waals surface area (Å²) in [6.07, 6.45) is 13.9. The Hall–Kier alpha value is -1.36. The van der Waals surface area contributed by atoms with Crippen LogP contribution in [-0.4, -0.2) is 24.5 Å². The van der Waals surface area contributed by atoms with Crippen LogP contribution in [0.4, 0.5) is 0 Å². The van der Waals surface area contributed by atoms with E-state index in [-0.39, 0.29) is 11.9 Å². The monoisotopic (exact) mass is 381 g/mol. The zero-order valence-corrected chi connectivity index (χ0v) is 17.2. The lowest BCUT2D eigenvalue weighted by atomic mass is 10.1. The summed E-state index contributed by atoms with van der Waals surface area (Å²) < 4.78 is 5.25.